The number of aromatic nitrogens is 2. The van der Waals surface area contributed by atoms with E-state index in [1.807, 2.05) is 13.8 Å². The van der Waals surface area contributed by atoms with E-state index in [1.54, 1.807) is 0 Å². The number of H-pyrrole nitrogens is 1. The predicted octanol–water partition coefficient (Wildman–Crippen LogP) is 6.84. The molecule has 172 valence electrons. The quantitative estimate of drug-likeness (QED) is 0.368. The number of nitrogens with one attached hydrogen (secondary N) is 1. The first-order chi connectivity index (χ1) is 16.2. The molecule has 2 heterocycles. The Bertz CT molecular complexity index is 1160. The van der Waals surface area contributed by atoms with Crippen LogP contribution in [0.2, 0.25) is 0 Å². The largest absolute Gasteiger partial charge is 0.381 e. The van der Waals surface area contributed by atoms with Crippen molar-refractivity contribution in [2.45, 2.75) is 46.2 Å². The molecule has 0 aliphatic carbocycles. The van der Waals surface area contributed by atoms with Crippen molar-refractivity contribution in [3.63, 3.8) is 0 Å². The van der Waals surface area contributed by atoms with Crippen LogP contribution in [0.4, 0.5) is 0 Å². The average molecular weight is 442 g/mol. The van der Waals surface area contributed by atoms with Gasteiger partial charge in [0.15, 0.2) is 0 Å². The molecule has 0 saturated carbocycles. The molecular weight excluding hydrogens is 406 g/mol. The van der Waals surface area contributed by atoms with Crippen LogP contribution < -0.4 is 0 Å². The molecule has 5 rings (SSSR count). The number of ether oxygens (including phenoxy) is 1. The zero-order valence-electron chi connectivity index (χ0n) is 20.3. The smallest absolute Gasteiger partial charge is 0.138 e. The van der Waals surface area contributed by atoms with E-state index < -0.39 is 0 Å². The normalized spacial score (nSPS) is 14.3. The van der Waals surface area contributed by atoms with Gasteiger partial charge in [0.05, 0.1) is 11.0 Å². The highest BCUT2D eigenvalue weighted by atomic mass is 16.5. The molecule has 1 saturated heterocycles. The maximum Gasteiger partial charge on any atom is 0.138 e. The van der Waals surface area contributed by atoms with Gasteiger partial charge in [0, 0.05) is 31.4 Å². The number of nitrogens with zero attached hydrogens (tertiary/aromatic N) is 2. The minimum atomic E-state index is 0.617. The molecule has 4 nitrogen and oxygen atoms in total. The van der Waals surface area contributed by atoms with Crippen molar-refractivity contribution in [3.8, 4) is 22.5 Å². The van der Waals surface area contributed by atoms with Gasteiger partial charge in [0.1, 0.15) is 5.82 Å². The number of imidazole rings is 1. The van der Waals surface area contributed by atoms with Crippen LogP contribution in [0.25, 0.3) is 33.5 Å². The van der Waals surface area contributed by atoms with Crippen LogP contribution in [0.5, 0.6) is 0 Å². The van der Waals surface area contributed by atoms with Gasteiger partial charge in [0.25, 0.3) is 0 Å². The Balaban J connectivity index is 0.00000126. The number of hydrogen-bond donors (Lipinski definition) is 1. The van der Waals surface area contributed by atoms with Crippen LogP contribution in [0, 0.1) is 6.92 Å². The molecule has 0 spiro atoms. The van der Waals surface area contributed by atoms with Crippen molar-refractivity contribution in [1.82, 2.24) is 14.9 Å². The van der Waals surface area contributed by atoms with Gasteiger partial charge in [-0.05, 0) is 55.6 Å². The molecule has 3 aromatic carbocycles. The third-order valence-corrected chi connectivity index (χ3v) is 6.34. The summed E-state index contributed by atoms with van der Waals surface area (Å²) in [6, 6.07) is 24.5. The molecular formula is C29H35N3O. The van der Waals surface area contributed by atoms with Gasteiger partial charge in [0.2, 0.25) is 0 Å². The van der Waals surface area contributed by atoms with Gasteiger partial charge in [-0.3, -0.25) is 4.90 Å². The van der Waals surface area contributed by atoms with Crippen LogP contribution in [0.15, 0.2) is 66.7 Å². The van der Waals surface area contributed by atoms with Gasteiger partial charge in [-0.2, -0.15) is 0 Å². The van der Waals surface area contributed by atoms with E-state index in [-0.39, 0.29) is 0 Å². The first-order valence-corrected chi connectivity index (χ1v) is 12.1. The number of rotatable bonds is 5. The zero-order valence-corrected chi connectivity index (χ0v) is 20.3. The molecule has 0 unspecified atom stereocenters. The Hall–Kier alpha value is -2.95. The zero-order chi connectivity index (χ0) is 23.2. The van der Waals surface area contributed by atoms with E-state index in [1.165, 1.54) is 22.3 Å². The van der Waals surface area contributed by atoms with E-state index in [4.69, 9.17) is 9.72 Å². The maximum absolute atomic E-state index is 5.49. The maximum atomic E-state index is 5.49. The number of fused-ring (bicyclic) bond motifs is 1. The summed E-state index contributed by atoms with van der Waals surface area (Å²) >= 11 is 0. The Morgan fingerprint density at radius 2 is 1.52 bits per heavy atom. The van der Waals surface area contributed by atoms with Gasteiger partial charge in [-0.25, -0.2) is 4.98 Å². The molecule has 33 heavy (non-hydrogen) atoms. The topological polar surface area (TPSA) is 41.2 Å². The van der Waals surface area contributed by atoms with E-state index in [9.17, 15) is 0 Å². The van der Waals surface area contributed by atoms with E-state index in [0.29, 0.717) is 6.04 Å². The monoisotopic (exact) mass is 441 g/mol. The fourth-order valence-electron chi connectivity index (χ4n) is 4.38. The Labute approximate surface area is 197 Å². The molecule has 1 aliphatic rings. The average Bonchev–Trinajstić information content (AvgIpc) is 3.30. The van der Waals surface area contributed by atoms with Crippen molar-refractivity contribution < 1.29 is 4.74 Å². The summed E-state index contributed by atoms with van der Waals surface area (Å²) in [7, 11) is 2.22. The highest BCUT2D eigenvalue weighted by molar-refractivity contribution is 5.84. The lowest BCUT2D eigenvalue weighted by Gasteiger charge is -2.31. The third-order valence-electron chi connectivity index (χ3n) is 6.34. The van der Waals surface area contributed by atoms with Crippen molar-refractivity contribution in [3.05, 3.63) is 77.9 Å². The minimum absolute atomic E-state index is 0.617. The highest BCUT2D eigenvalue weighted by Crippen LogP contribution is 2.27. The fourth-order valence-corrected chi connectivity index (χ4v) is 4.38. The van der Waals surface area contributed by atoms with Crippen LogP contribution >= 0.6 is 0 Å². The Morgan fingerprint density at radius 3 is 2.21 bits per heavy atom. The number of hydrogen-bond acceptors (Lipinski definition) is 3. The lowest BCUT2D eigenvalue weighted by atomic mass is 10.0. The molecule has 4 aromatic rings. The molecule has 0 atom stereocenters. The summed E-state index contributed by atoms with van der Waals surface area (Å²) in [5.41, 5.74) is 8.21. The molecule has 1 aliphatic heterocycles. The Kier molecular flexibility index (Phi) is 7.58. The molecule has 4 heteroatoms. The second-order valence-corrected chi connectivity index (χ2v) is 8.64. The number of benzene rings is 3. The summed E-state index contributed by atoms with van der Waals surface area (Å²) in [6.07, 6.45) is 2.25. The third kappa shape index (κ3) is 5.52. The van der Waals surface area contributed by atoms with Crippen LogP contribution in [0.3, 0.4) is 0 Å². The van der Waals surface area contributed by atoms with Gasteiger partial charge >= 0.3 is 0 Å². The summed E-state index contributed by atoms with van der Waals surface area (Å²) < 4.78 is 5.49. The fraction of sp³-hybridized carbons (Fsp3) is 0.345. The lowest BCUT2D eigenvalue weighted by Crippen LogP contribution is -2.36. The first-order valence-electron chi connectivity index (χ1n) is 12.1. The molecule has 0 radical (unpaired) electrons. The van der Waals surface area contributed by atoms with Crippen molar-refractivity contribution in [2.24, 2.45) is 0 Å². The standard InChI is InChI=1S/C27H29N3O.C2H6/c1-19-3-7-21(8-4-19)23-11-12-25-26(17-23)29-27(28-25)22-9-5-20(6-10-22)18-30(2)24-13-15-31-16-14-24;1-2/h3-12,17,24H,13-16,18H2,1-2H3,(H,28,29);1-2H3. The van der Waals surface area contributed by atoms with E-state index in [2.05, 4.69) is 90.6 Å². The van der Waals surface area contributed by atoms with Gasteiger partial charge in [-0.1, -0.05) is 74.0 Å². The number of aryl methyl sites for hydroxylation is 1. The van der Waals surface area contributed by atoms with E-state index in [0.717, 1.165) is 55.0 Å². The van der Waals surface area contributed by atoms with Crippen molar-refractivity contribution in [1.29, 1.82) is 0 Å². The van der Waals surface area contributed by atoms with Gasteiger partial charge < -0.3 is 9.72 Å². The second-order valence-electron chi connectivity index (χ2n) is 8.64. The molecule has 0 amide bonds. The predicted molar refractivity (Wildman–Crippen MR) is 138 cm³/mol. The molecule has 0 bridgehead atoms. The summed E-state index contributed by atoms with van der Waals surface area (Å²) in [6.45, 7) is 8.84. The lowest BCUT2D eigenvalue weighted by molar-refractivity contribution is 0.0407. The van der Waals surface area contributed by atoms with E-state index >= 15 is 0 Å². The summed E-state index contributed by atoms with van der Waals surface area (Å²) in [4.78, 5) is 10.8. The van der Waals surface area contributed by atoms with Crippen LogP contribution in [-0.2, 0) is 11.3 Å². The SMILES string of the molecule is CC.Cc1ccc(-c2ccc3nc(-c4ccc(CN(C)C5CCOCC5)cc4)[nH]c3c2)cc1. The minimum Gasteiger partial charge on any atom is -0.381 e. The van der Waals surface area contributed by atoms with Crippen molar-refractivity contribution >= 4 is 11.0 Å². The molecule has 1 aromatic heterocycles. The number of aromatic amines is 1. The summed E-state index contributed by atoms with van der Waals surface area (Å²) in [5.74, 6) is 0.917. The van der Waals surface area contributed by atoms with Crippen LogP contribution in [0.1, 0.15) is 37.8 Å². The molecule has 1 fully saturated rings. The molecule has 1 N–H and O–H groups in total. The second kappa shape index (κ2) is 10.8. The Morgan fingerprint density at radius 1 is 0.879 bits per heavy atom. The van der Waals surface area contributed by atoms with Crippen molar-refractivity contribution in [2.75, 3.05) is 20.3 Å². The summed E-state index contributed by atoms with van der Waals surface area (Å²) in [5, 5.41) is 0. The van der Waals surface area contributed by atoms with Crippen LogP contribution in [-0.4, -0.2) is 41.2 Å². The van der Waals surface area contributed by atoms with Gasteiger partial charge in [-0.15, -0.1) is 0 Å². The highest BCUT2D eigenvalue weighted by Gasteiger charge is 2.18. The first kappa shape index (κ1) is 23.2.